The molecular formula is C17H22N2S. The van der Waals surface area contributed by atoms with E-state index in [4.69, 9.17) is 0 Å². The molecule has 0 saturated heterocycles. The van der Waals surface area contributed by atoms with Crippen molar-refractivity contribution in [2.24, 2.45) is 0 Å². The largest absolute Gasteiger partial charge is 0.316 e. The van der Waals surface area contributed by atoms with Crippen molar-refractivity contribution < 1.29 is 0 Å². The van der Waals surface area contributed by atoms with Crippen molar-refractivity contribution in [1.82, 2.24) is 10.3 Å². The van der Waals surface area contributed by atoms with E-state index >= 15 is 0 Å². The van der Waals surface area contributed by atoms with Crippen molar-refractivity contribution in [2.75, 3.05) is 13.1 Å². The van der Waals surface area contributed by atoms with Gasteiger partial charge in [0, 0.05) is 23.8 Å². The van der Waals surface area contributed by atoms with Crippen LogP contribution in [0.25, 0.3) is 0 Å². The molecule has 2 nitrogen and oxygen atoms in total. The maximum atomic E-state index is 4.53. The monoisotopic (exact) mass is 286 g/mol. The number of thiazole rings is 1. The zero-order chi connectivity index (χ0) is 13.8. The minimum Gasteiger partial charge on any atom is -0.316 e. The lowest BCUT2D eigenvalue weighted by Crippen LogP contribution is -2.42. The average molecular weight is 286 g/mol. The van der Waals surface area contributed by atoms with E-state index in [1.807, 2.05) is 5.51 Å². The molecule has 0 saturated carbocycles. The fraction of sp³-hybridized carbons (Fsp3) is 0.471. The first-order valence-electron chi connectivity index (χ1n) is 7.50. The number of nitrogens with one attached hydrogen (secondary N) is 1. The number of likely N-dealkylation sites (N-methyl/N-ethyl adjacent to an activating group) is 1. The van der Waals surface area contributed by atoms with Crippen LogP contribution in [0.1, 0.15) is 36.6 Å². The molecular weight excluding hydrogens is 264 g/mol. The Hall–Kier alpha value is -1.19. The molecule has 1 aromatic carbocycles. The SMILES string of the molecule is CCNCC1(Cc2cscn2)CCCc2ccccc21. The van der Waals surface area contributed by atoms with Crippen LogP contribution in [-0.2, 0) is 18.3 Å². The van der Waals surface area contributed by atoms with Crippen LogP contribution in [0.15, 0.2) is 35.2 Å². The molecule has 2 aromatic rings. The molecule has 106 valence electrons. The minimum absolute atomic E-state index is 0.221. The number of aryl methyl sites for hydroxylation is 1. The van der Waals surface area contributed by atoms with Gasteiger partial charge in [0.25, 0.3) is 0 Å². The van der Waals surface area contributed by atoms with Crippen LogP contribution in [0.5, 0.6) is 0 Å². The molecule has 0 amide bonds. The molecule has 0 aliphatic heterocycles. The maximum absolute atomic E-state index is 4.53. The molecule has 0 bridgehead atoms. The summed E-state index contributed by atoms with van der Waals surface area (Å²) in [5.74, 6) is 0. The number of hydrogen-bond donors (Lipinski definition) is 1. The second-order valence-corrected chi connectivity index (χ2v) is 6.45. The summed E-state index contributed by atoms with van der Waals surface area (Å²) in [4.78, 5) is 4.53. The number of rotatable bonds is 5. The first-order valence-corrected chi connectivity index (χ1v) is 8.44. The van der Waals surface area contributed by atoms with Crippen molar-refractivity contribution in [3.63, 3.8) is 0 Å². The highest BCUT2D eigenvalue weighted by Gasteiger charge is 2.36. The summed E-state index contributed by atoms with van der Waals surface area (Å²) in [6.07, 6.45) is 4.82. The van der Waals surface area contributed by atoms with Crippen LogP contribution >= 0.6 is 11.3 Å². The van der Waals surface area contributed by atoms with Crippen molar-refractivity contribution >= 4 is 11.3 Å². The van der Waals surface area contributed by atoms with Gasteiger partial charge in [-0.1, -0.05) is 31.2 Å². The second-order valence-electron chi connectivity index (χ2n) is 5.73. The predicted molar refractivity (Wildman–Crippen MR) is 85.4 cm³/mol. The minimum atomic E-state index is 0.221. The van der Waals surface area contributed by atoms with Gasteiger partial charge in [-0.25, -0.2) is 4.98 Å². The van der Waals surface area contributed by atoms with Crippen LogP contribution in [-0.4, -0.2) is 18.1 Å². The van der Waals surface area contributed by atoms with Crippen molar-refractivity contribution in [3.05, 3.63) is 52.0 Å². The summed E-state index contributed by atoms with van der Waals surface area (Å²) in [5.41, 5.74) is 6.49. The van der Waals surface area contributed by atoms with Crippen molar-refractivity contribution in [3.8, 4) is 0 Å². The summed E-state index contributed by atoms with van der Waals surface area (Å²) >= 11 is 1.70. The van der Waals surface area contributed by atoms with Gasteiger partial charge < -0.3 is 5.32 Å². The Balaban J connectivity index is 1.98. The number of nitrogens with zero attached hydrogens (tertiary/aromatic N) is 1. The van der Waals surface area contributed by atoms with Crippen molar-refractivity contribution in [1.29, 1.82) is 0 Å². The fourth-order valence-electron chi connectivity index (χ4n) is 3.47. The van der Waals surface area contributed by atoms with Crippen molar-refractivity contribution in [2.45, 2.75) is 38.0 Å². The molecule has 1 unspecified atom stereocenters. The summed E-state index contributed by atoms with van der Waals surface area (Å²) in [5, 5.41) is 5.79. The first kappa shape index (κ1) is 13.8. The van der Waals surface area contributed by atoms with E-state index in [1.54, 1.807) is 16.9 Å². The Bertz CT molecular complexity index is 550. The van der Waals surface area contributed by atoms with Gasteiger partial charge in [-0.15, -0.1) is 11.3 Å². The summed E-state index contributed by atoms with van der Waals surface area (Å²) in [6, 6.07) is 8.99. The standard InChI is InChI=1S/C17H22N2S/c1-2-18-12-17(10-15-11-20-13-19-15)9-5-7-14-6-3-4-8-16(14)17/h3-4,6,8,11,13,18H,2,5,7,9-10,12H2,1H3. The zero-order valence-electron chi connectivity index (χ0n) is 12.1. The third-order valence-electron chi connectivity index (χ3n) is 4.41. The number of aromatic nitrogens is 1. The van der Waals surface area contributed by atoms with Crippen LogP contribution in [0, 0.1) is 0 Å². The predicted octanol–water partition coefficient (Wildman–Crippen LogP) is 3.57. The van der Waals surface area contributed by atoms with E-state index in [0.717, 1.165) is 19.5 Å². The second kappa shape index (κ2) is 6.06. The van der Waals surface area contributed by atoms with Gasteiger partial charge in [-0.2, -0.15) is 0 Å². The Morgan fingerprint density at radius 1 is 1.35 bits per heavy atom. The molecule has 1 atom stereocenters. The maximum Gasteiger partial charge on any atom is 0.0794 e. The van der Waals surface area contributed by atoms with Gasteiger partial charge >= 0.3 is 0 Å². The molecule has 1 aliphatic carbocycles. The van der Waals surface area contributed by atoms with E-state index in [9.17, 15) is 0 Å². The van der Waals surface area contributed by atoms with Crippen LogP contribution < -0.4 is 5.32 Å². The summed E-state index contributed by atoms with van der Waals surface area (Å²) in [7, 11) is 0. The smallest absolute Gasteiger partial charge is 0.0794 e. The number of benzene rings is 1. The van der Waals surface area contributed by atoms with Gasteiger partial charge in [0.1, 0.15) is 0 Å². The number of hydrogen-bond acceptors (Lipinski definition) is 3. The lowest BCUT2D eigenvalue weighted by atomic mass is 9.67. The molecule has 0 spiro atoms. The van der Waals surface area contributed by atoms with E-state index in [2.05, 4.69) is 46.9 Å². The lowest BCUT2D eigenvalue weighted by Gasteiger charge is -2.39. The van der Waals surface area contributed by atoms with E-state index in [0.29, 0.717) is 0 Å². The molecule has 1 N–H and O–H groups in total. The highest BCUT2D eigenvalue weighted by Crippen LogP contribution is 2.39. The van der Waals surface area contributed by atoms with E-state index in [-0.39, 0.29) is 5.41 Å². The van der Waals surface area contributed by atoms with Crippen LogP contribution in [0.3, 0.4) is 0 Å². The Morgan fingerprint density at radius 3 is 3.05 bits per heavy atom. The van der Waals surface area contributed by atoms with Gasteiger partial charge in [0.15, 0.2) is 0 Å². The van der Waals surface area contributed by atoms with Crippen LogP contribution in [0.4, 0.5) is 0 Å². The third kappa shape index (κ3) is 2.65. The van der Waals surface area contributed by atoms with E-state index < -0.39 is 0 Å². The molecule has 3 rings (SSSR count). The third-order valence-corrected chi connectivity index (χ3v) is 5.04. The Labute approximate surface area is 125 Å². The fourth-order valence-corrected chi connectivity index (χ4v) is 4.03. The van der Waals surface area contributed by atoms with Crippen LogP contribution in [0.2, 0.25) is 0 Å². The number of fused-ring (bicyclic) bond motifs is 1. The van der Waals surface area contributed by atoms with Gasteiger partial charge in [-0.05, 0) is 36.9 Å². The highest BCUT2D eigenvalue weighted by molar-refractivity contribution is 7.07. The zero-order valence-corrected chi connectivity index (χ0v) is 12.9. The normalized spacial score (nSPS) is 21.6. The first-order chi connectivity index (χ1) is 9.84. The molecule has 1 heterocycles. The average Bonchev–Trinajstić information content (AvgIpc) is 2.98. The topological polar surface area (TPSA) is 24.9 Å². The Morgan fingerprint density at radius 2 is 2.25 bits per heavy atom. The summed E-state index contributed by atoms with van der Waals surface area (Å²) < 4.78 is 0. The molecule has 0 radical (unpaired) electrons. The van der Waals surface area contributed by atoms with Gasteiger partial charge in [-0.3, -0.25) is 0 Å². The molecule has 20 heavy (non-hydrogen) atoms. The quantitative estimate of drug-likeness (QED) is 0.909. The lowest BCUT2D eigenvalue weighted by molar-refractivity contribution is 0.336. The molecule has 0 fully saturated rings. The molecule has 3 heteroatoms. The Kier molecular flexibility index (Phi) is 4.18. The molecule has 1 aliphatic rings. The van der Waals surface area contributed by atoms with E-state index in [1.165, 1.54) is 30.5 Å². The van der Waals surface area contributed by atoms with Gasteiger partial charge in [0.05, 0.1) is 11.2 Å². The van der Waals surface area contributed by atoms with Gasteiger partial charge in [0.2, 0.25) is 0 Å². The summed E-state index contributed by atoms with van der Waals surface area (Å²) in [6.45, 7) is 4.27. The highest BCUT2D eigenvalue weighted by atomic mass is 32.1. The molecule has 1 aromatic heterocycles.